The van der Waals surface area contributed by atoms with Crippen molar-refractivity contribution in [2.45, 2.75) is 13.8 Å². The van der Waals surface area contributed by atoms with Crippen molar-refractivity contribution >= 4 is 23.6 Å². The molecule has 0 heterocycles. The maximum Gasteiger partial charge on any atom is 0.243 e. The van der Waals surface area contributed by atoms with Gasteiger partial charge in [0.05, 0.1) is 6.54 Å². The normalized spacial score (nSPS) is 11.8. The lowest BCUT2D eigenvalue weighted by molar-refractivity contribution is -0.115. The first-order chi connectivity index (χ1) is 12.5. The Hall–Kier alpha value is -3.21. The summed E-state index contributed by atoms with van der Waals surface area (Å²) in [7, 11) is 0. The Morgan fingerprint density at radius 2 is 1.65 bits per heavy atom. The van der Waals surface area contributed by atoms with Crippen molar-refractivity contribution < 1.29 is 14.0 Å². The number of halogens is 1. The summed E-state index contributed by atoms with van der Waals surface area (Å²) in [6, 6.07) is 15.0. The van der Waals surface area contributed by atoms with E-state index in [1.807, 2.05) is 62.4 Å². The molecule has 4 nitrogen and oxygen atoms in total. The molecule has 2 aromatic rings. The Balaban J connectivity index is 2.11. The molecule has 0 aromatic heterocycles. The number of amides is 1. The van der Waals surface area contributed by atoms with Crippen LogP contribution in [0, 0.1) is 13.8 Å². The molecule has 26 heavy (non-hydrogen) atoms. The van der Waals surface area contributed by atoms with Crippen molar-refractivity contribution in [2.75, 3.05) is 11.9 Å². The zero-order valence-electron chi connectivity index (χ0n) is 14.8. The molecular weight excluding hydrogens is 331 g/mol. The van der Waals surface area contributed by atoms with E-state index in [-0.39, 0.29) is 18.7 Å². The molecule has 0 fully saturated rings. The molecule has 0 radical (unpaired) electrons. The summed E-state index contributed by atoms with van der Waals surface area (Å²) >= 11 is 0. The molecule has 5 heteroatoms. The lowest BCUT2D eigenvalue weighted by atomic mass is 10.1. The molecule has 0 atom stereocenters. The maximum atomic E-state index is 13.1. The molecule has 2 aromatic carbocycles. The number of aryl methyl sites for hydroxylation is 2. The van der Waals surface area contributed by atoms with Gasteiger partial charge in [0.15, 0.2) is 12.1 Å². The van der Waals surface area contributed by atoms with Crippen molar-refractivity contribution in [1.82, 2.24) is 5.32 Å². The second-order valence-electron chi connectivity index (χ2n) is 5.78. The molecule has 0 aliphatic rings. The van der Waals surface area contributed by atoms with Gasteiger partial charge >= 0.3 is 0 Å². The third-order valence-corrected chi connectivity index (χ3v) is 3.79. The van der Waals surface area contributed by atoms with Crippen LogP contribution in [-0.2, 0) is 9.59 Å². The Bertz CT molecular complexity index is 822. The molecule has 2 rings (SSSR count). The fraction of sp³-hybridized carbons (Fsp3) is 0.143. The van der Waals surface area contributed by atoms with Gasteiger partial charge in [0.2, 0.25) is 5.91 Å². The minimum Gasteiger partial charge on any atom is -0.376 e. The molecule has 0 aliphatic heterocycles. The zero-order valence-corrected chi connectivity index (χ0v) is 14.8. The average molecular weight is 352 g/mol. The van der Waals surface area contributed by atoms with Gasteiger partial charge in [0.25, 0.3) is 0 Å². The SMILES string of the molecule is Cc1cccc(C)c1NC(=O)CN/C(=C\C=C(\F)C=O)c1ccccc1. The molecule has 0 spiro atoms. The van der Waals surface area contributed by atoms with E-state index >= 15 is 0 Å². The van der Waals surface area contributed by atoms with Crippen molar-refractivity contribution in [2.24, 2.45) is 0 Å². The Kier molecular flexibility index (Phi) is 6.85. The van der Waals surface area contributed by atoms with Gasteiger partial charge in [-0.1, -0.05) is 48.5 Å². The summed E-state index contributed by atoms with van der Waals surface area (Å²) in [5.41, 5.74) is 4.07. The summed E-state index contributed by atoms with van der Waals surface area (Å²) in [4.78, 5) is 22.7. The van der Waals surface area contributed by atoms with Gasteiger partial charge in [0, 0.05) is 11.4 Å². The van der Waals surface area contributed by atoms with Crippen LogP contribution in [0.2, 0.25) is 0 Å². The number of allylic oxidation sites excluding steroid dienone is 3. The standard InChI is InChI=1S/C21H21FN2O2/c1-15-7-6-8-16(2)21(15)24-20(26)13-23-19(12-11-18(22)14-25)17-9-4-3-5-10-17/h3-12,14,23H,13H2,1-2H3,(H,24,26)/b18-11+,19-12-. The summed E-state index contributed by atoms with van der Waals surface area (Å²) < 4.78 is 13.1. The summed E-state index contributed by atoms with van der Waals surface area (Å²) in [6.45, 7) is 3.86. The molecular formula is C21H21FN2O2. The van der Waals surface area contributed by atoms with E-state index in [1.54, 1.807) is 0 Å². The van der Waals surface area contributed by atoms with Crippen molar-refractivity contribution in [3.05, 3.63) is 83.2 Å². The predicted molar refractivity (Wildman–Crippen MR) is 102 cm³/mol. The van der Waals surface area contributed by atoms with Crippen LogP contribution in [-0.4, -0.2) is 18.7 Å². The lowest BCUT2D eigenvalue weighted by Crippen LogP contribution is -2.27. The molecule has 0 aliphatic carbocycles. The lowest BCUT2D eigenvalue weighted by Gasteiger charge is -2.14. The van der Waals surface area contributed by atoms with Gasteiger partial charge in [0.1, 0.15) is 0 Å². The zero-order chi connectivity index (χ0) is 18.9. The van der Waals surface area contributed by atoms with Gasteiger partial charge in [-0.3, -0.25) is 9.59 Å². The topological polar surface area (TPSA) is 58.2 Å². The molecule has 0 unspecified atom stereocenters. The van der Waals surface area contributed by atoms with E-state index < -0.39 is 5.83 Å². The number of carbonyl (C=O) groups is 2. The van der Waals surface area contributed by atoms with Crippen molar-refractivity contribution in [3.63, 3.8) is 0 Å². The van der Waals surface area contributed by atoms with E-state index in [0.29, 0.717) is 5.70 Å². The van der Waals surface area contributed by atoms with Crippen LogP contribution in [0.1, 0.15) is 16.7 Å². The fourth-order valence-corrected chi connectivity index (χ4v) is 2.45. The first kappa shape index (κ1) is 19.1. The Morgan fingerprint density at radius 3 is 2.27 bits per heavy atom. The van der Waals surface area contributed by atoms with E-state index in [9.17, 15) is 14.0 Å². The van der Waals surface area contributed by atoms with Crippen LogP contribution in [0.15, 0.2) is 66.5 Å². The Labute approximate surface area is 152 Å². The molecule has 0 bridgehead atoms. The largest absolute Gasteiger partial charge is 0.376 e. The summed E-state index contributed by atoms with van der Waals surface area (Å²) in [5.74, 6) is -1.11. The van der Waals surface area contributed by atoms with Crippen molar-refractivity contribution in [1.29, 1.82) is 0 Å². The summed E-state index contributed by atoms with van der Waals surface area (Å²) in [6.07, 6.45) is 2.63. The van der Waals surface area contributed by atoms with Crippen LogP contribution >= 0.6 is 0 Å². The fourth-order valence-electron chi connectivity index (χ4n) is 2.45. The van der Waals surface area contributed by atoms with E-state index in [2.05, 4.69) is 10.6 Å². The monoisotopic (exact) mass is 352 g/mol. The molecule has 1 amide bonds. The van der Waals surface area contributed by atoms with E-state index in [1.165, 1.54) is 6.08 Å². The second-order valence-corrected chi connectivity index (χ2v) is 5.78. The minimum absolute atomic E-state index is 0.00501. The van der Waals surface area contributed by atoms with E-state index in [0.717, 1.165) is 28.5 Å². The quantitative estimate of drug-likeness (QED) is 0.451. The number of benzene rings is 2. The van der Waals surface area contributed by atoms with Gasteiger partial charge < -0.3 is 10.6 Å². The van der Waals surface area contributed by atoms with Crippen LogP contribution in [0.5, 0.6) is 0 Å². The number of aldehydes is 1. The summed E-state index contributed by atoms with van der Waals surface area (Å²) in [5, 5.41) is 5.88. The molecule has 134 valence electrons. The predicted octanol–water partition coefficient (Wildman–Crippen LogP) is 3.92. The van der Waals surface area contributed by atoms with Crippen LogP contribution in [0.4, 0.5) is 10.1 Å². The third-order valence-electron chi connectivity index (χ3n) is 3.79. The number of para-hydroxylation sites is 1. The van der Waals surface area contributed by atoms with E-state index in [4.69, 9.17) is 0 Å². The van der Waals surface area contributed by atoms with Crippen molar-refractivity contribution in [3.8, 4) is 0 Å². The van der Waals surface area contributed by atoms with Gasteiger partial charge in [-0.2, -0.15) is 0 Å². The first-order valence-corrected chi connectivity index (χ1v) is 8.19. The molecule has 0 saturated heterocycles. The molecule has 2 N–H and O–H groups in total. The average Bonchev–Trinajstić information content (AvgIpc) is 2.65. The van der Waals surface area contributed by atoms with Gasteiger partial charge in [-0.25, -0.2) is 4.39 Å². The highest BCUT2D eigenvalue weighted by atomic mass is 19.1. The highest BCUT2D eigenvalue weighted by molar-refractivity contribution is 5.94. The smallest absolute Gasteiger partial charge is 0.243 e. The number of hydrogen-bond donors (Lipinski definition) is 2. The highest BCUT2D eigenvalue weighted by Crippen LogP contribution is 2.19. The second kappa shape index (κ2) is 9.32. The minimum atomic E-state index is -0.889. The molecule has 0 saturated carbocycles. The highest BCUT2D eigenvalue weighted by Gasteiger charge is 2.08. The number of carbonyl (C=O) groups excluding carboxylic acids is 2. The van der Waals surface area contributed by atoms with Crippen LogP contribution in [0.3, 0.4) is 0 Å². The third kappa shape index (κ3) is 5.41. The Morgan fingerprint density at radius 1 is 1.00 bits per heavy atom. The number of rotatable bonds is 7. The van der Waals surface area contributed by atoms with Gasteiger partial charge in [-0.05, 0) is 42.7 Å². The number of hydrogen-bond acceptors (Lipinski definition) is 3. The maximum absolute atomic E-state index is 13.1. The number of anilines is 1. The van der Waals surface area contributed by atoms with Crippen LogP contribution < -0.4 is 10.6 Å². The first-order valence-electron chi connectivity index (χ1n) is 8.19. The van der Waals surface area contributed by atoms with Gasteiger partial charge in [-0.15, -0.1) is 0 Å². The van der Waals surface area contributed by atoms with Crippen LogP contribution in [0.25, 0.3) is 5.70 Å². The number of nitrogens with one attached hydrogen (secondary N) is 2.